The summed E-state index contributed by atoms with van der Waals surface area (Å²) in [6, 6.07) is 12.3. The molecular weight excluding hydrogens is 517 g/mol. The van der Waals surface area contributed by atoms with E-state index in [1.54, 1.807) is 47.3 Å². The molecule has 3 fully saturated rings. The Hall–Kier alpha value is -2.21. The van der Waals surface area contributed by atoms with Crippen molar-refractivity contribution in [3.05, 3.63) is 85.2 Å². The molecule has 1 heterocycles. The summed E-state index contributed by atoms with van der Waals surface area (Å²) in [6.45, 7) is 0.304. The van der Waals surface area contributed by atoms with Crippen LogP contribution in [0.3, 0.4) is 0 Å². The van der Waals surface area contributed by atoms with Crippen molar-refractivity contribution in [2.75, 3.05) is 0 Å². The van der Waals surface area contributed by atoms with Gasteiger partial charge in [-0.1, -0.05) is 53.7 Å². The van der Waals surface area contributed by atoms with E-state index in [0.717, 1.165) is 37.2 Å². The van der Waals surface area contributed by atoms with Crippen LogP contribution in [0.1, 0.15) is 60.9 Å². The van der Waals surface area contributed by atoms with Gasteiger partial charge in [-0.15, -0.1) is 0 Å². The number of nitrogens with one attached hydrogen (secondary N) is 1. The van der Waals surface area contributed by atoms with E-state index in [9.17, 15) is 9.59 Å². The number of rotatable bonds is 5. The van der Waals surface area contributed by atoms with Gasteiger partial charge in [-0.25, -0.2) is 4.68 Å². The minimum absolute atomic E-state index is 0.142. The van der Waals surface area contributed by atoms with Crippen LogP contribution in [0.15, 0.2) is 53.5 Å². The highest BCUT2D eigenvalue weighted by molar-refractivity contribution is 6.35. The maximum Gasteiger partial charge on any atom is 0.284 e. The van der Waals surface area contributed by atoms with Crippen LogP contribution < -0.4 is 10.9 Å². The zero-order chi connectivity index (χ0) is 25.0. The molecule has 3 aliphatic carbocycles. The number of halogens is 3. The fourth-order valence-electron chi connectivity index (χ4n) is 7.06. The van der Waals surface area contributed by atoms with Crippen molar-refractivity contribution in [1.29, 1.82) is 0 Å². The molecule has 36 heavy (non-hydrogen) atoms. The van der Waals surface area contributed by atoms with Crippen molar-refractivity contribution >= 4 is 40.7 Å². The summed E-state index contributed by atoms with van der Waals surface area (Å²) in [5, 5.41) is 4.98. The van der Waals surface area contributed by atoms with Gasteiger partial charge in [-0.3, -0.25) is 14.3 Å². The number of hydrogen-bond donors (Lipinski definition) is 1. The first-order valence-electron chi connectivity index (χ1n) is 12.7. The lowest BCUT2D eigenvalue weighted by Gasteiger charge is -2.40. The van der Waals surface area contributed by atoms with Crippen LogP contribution in [0.4, 0.5) is 0 Å². The molecule has 188 valence electrons. The molecule has 8 heteroatoms. The van der Waals surface area contributed by atoms with Crippen LogP contribution in [0.2, 0.25) is 15.1 Å². The highest BCUT2D eigenvalue weighted by atomic mass is 35.5. The first-order chi connectivity index (χ1) is 17.3. The van der Waals surface area contributed by atoms with E-state index < -0.39 is 0 Å². The highest BCUT2D eigenvalue weighted by Gasteiger charge is 2.50. The Balaban J connectivity index is 1.37. The van der Waals surface area contributed by atoms with Crippen LogP contribution in [-0.4, -0.2) is 20.8 Å². The van der Waals surface area contributed by atoms with Gasteiger partial charge >= 0.3 is 0 Å². The van der Waals surface area contributed by atoms with Gasteiger partial charge in [0.15, 0.2) is 0 Å². The number of nitrogens with zero attached hydrogens (tertiary/aromatic N) is 2. The number of carbonyl (C=O) groups is 1. The van der Waals surface area contributed by atoms with E-state index in [1.165, 1.54) is 23.9 Å². The molecule has 1 aromatic heterocycles. The predicted octanol–water partition coefficient (Wildman–Crippen LogP) is 6.74. The molecule has 0 saturated heterocycles. The second-order valence-electron chi connectivity index (χ2n) is 10.9. The van der Waals surface area contributed by atoms with Gasteiger partial charge in [0, 0.05) is 26.8 Å². The van der Waals surface area contributed by atoms with Gasteiger partial charge in [0.1, 0.15) is 5.56 Å². The third-order valence-corrected chi connectivity index (χ3v) is 9.34. The molecule has 0 aliphatic heterocycles. The van der Waals surface area contributed by atoms with Crippen LogP contribution in [0.25, 0.3) is 5.69 Å². The van der Waals surface area contributed by atoms with Crippen LogP contribution in [0.5, 0.6) is 0 Å². The number of benzene rings is 2. The molecular formula is C28H28Cl3N3O2. The topological polar surface area (TPSA) is 56.0 Å². The Morgan fingerprint density at radius 1 is 1.00 bits per heavy atom. The summed E-state index contributed by atoms with van der Waals surface area (Å²) < 4.78 is 3.25. The molecule has 1 N–H and O–H groups in total. The van der Waals surface area contributed by atoms with Gasteiger partial charge in [-0.05, 0) is 91.8 Å². The van der Waals surface area contributed by atoms with E-state index >= 15 is 0 Å². The molecule has 3 aromatic rings. The summed E-state index contributed by atoms with van der Waals surface area (Å²) in [4.78, 5) is 27.4. The van der Waals surface area contributed by atoms with Gasteiger partial charge in [0.25, 0.3) is 11.5 Å². The molecule has 3 bridgehead atoms. The number of aromatic nitrogens is 2. The summed E-state index contributed by atoms with van der Waals surface area (Å²) in [6.07, 6.45) is 9.69. The molecule has 0 radical (unpaired) electrons. The normalized spacial score (nSPS) is 26.7. The lowest BCUT2D eigenvalue weighted by Crippen LogP contribution is -2.52. The summed E-state index contributed by atoms with van der Waals surface area (Å²) in [5.41, 5.74) is 1.00. The fraction of sp³-hybridized carbons (Fsp3) is 0.429. The second-order valence-corrected chi connectivity index (χ2v) is 12.1. The molecule has 2 aromatic carbocycles. The van der Waals surface area contributed by atoms with Crippen LogP contribution >= 0.6 is 34.8 Å². The smallest absolute Gasteiger partial charge is 0.284 e. The number of fused-ring (bicyclic) bond motifs is 2. The average molecular weight is 545 g/mol. The SMILES string of the molecule is O=C(NC12CCC[C@H]3CC(CC3C1)C2)c1cn(Cc2ccc(Cl)cc2Cl)n(-c2ccc(Cl)cc2)c1=O. The minimum Gasteiger partial charge on any atom is -0.346 e. The van der Waals surface area contributed by atoms with Crippen molar-refractivity contribution in [2.24, 2.45) is 17.8 Å². The van der Waals surface area contributed by atoms with E-state index in [2.05, 4.69) is 5.32 Å². The Morgan fingerprint density at radius 3 is 2.53 bits per heavy atom. The number of amides is 1. The summed E-state index contributed by atoms with van der Waals surface area (Å²) in [7, 11) is 0. The Kier molecular flexibility index (Phi) is 6.22. The zero-order valence-corrected chi connectivity index (χ0v) is 22.1. The predicted molar refractivity (Wildman–Crippen MR) is 144 cm³/mol. The molecule has 0 spiro atoms. The number of carbonyl (C=O) groups excluding carboxylic acids is 1. The van der Waals surface area contributed by atoms with Gasteiger partial charge in [0.2, 0.25) is 0 Å². The fourth-order valence-corrected chi connectivity index (χ4v) is 7.66. The first kappa shape index (κ1) is 24.1. The Morgan fingerprint density at radius 2 is 1.75 bits per heavy atom. The Labute approximate surface area is 225 Å². The highest BCUT2D eigenvalue weighted by Crippen LogP contribution is 2.55. The minimum atomic E-state index is -0.360. The van der Waals surface area contributed by atoms with Gasteiger partial charge < -0.3 is 5.32 Å². The molecule has 3 aliphatic rings. The lowest BCUT2D eigenvalue weighted by molar-refractivity contribution is 0.0823. The molecule has 6 rings (SSSR count). The van der Waals surface area contributed by atoms with E-state index in [0.29, 0.717) is 39.1 Å². The number of hydrogen-bond acceptors (Lipinski definition) is 2. The maximum atomic E-state index is 13.7. The van der Waals surface area contributed by atoms with Gasteiger partial charge in [0.05, 0.1) is 12.2 Å². The molecule has 3 unspecified atom stereocenters. The second kappa shape index (κ2) is 9.27. The summed E-state index contributed by atoms with van der Waals surface area (Å²) >= 11 is 18.6. The first-order valence-corrected chi connectivity index (χ1v) is 13.8. The van der Waals surface area contributed by atoms with Crippen molar-refractivity contribution in [3.8, 4) is 5.69 Å². The third-order valence-electron chi connectivity index (χ3n) is 8.50. The molecule has 5 nitrogen and oxygen atoms in total. The van der Waals surface area contributed by atoms with E-state index in [-0.39, 0.29) is 22.6 Å². The van der Waals surface area contributed by atoms with Crippen LogP contribution in [0, 0.1) is 17.8 Å². The van der Waals surface area contributed by atoms with E-state index in [4.69, 9.17) is 34.8 Å². The Bertz CT molecular complexity index is 1380. The van der Waals surface area contributed by atoms with E-state index in [1.807, 2.05) is 6.07 Å². The average Bonchev–Trinajstić information content (AvgIpc) is 3.27. The van der Waals surface area contributed by atoms with Crippen molar-refractivity contribution in [2.45, 2.75) is 57.0 Å². The summed E-state index contributed by atoms with van der Waals surface area (Å²) in [5.74, 6) is 1.91. The van der Waals surface area contributed by atoms with Gasteiger partial charge in [-0.2, -0.15) is 0 Å². The maximum absolute atomic E-state index is 13.7. The molecule has 1 amide bonds. The monoisotopic (exact) mass is 543 g/mol. The zero-order valence-electron chi connectivity index (χ0n) is 19.9. The standard InChI is InChI=1S/C28H28Cl3N3O2/c29-21-5-7-23(8-6-21)34-27(36)24(16-33(34)15-19-3-4-22(30)12-25(19)31)26(35)32-28-9-1-2-18-10-17(13-28)11-20(18)14-28/h3-8,12,16-18,20H,1-2,9-11,13-15H2,(H,32,35)/t17?,18-,20?,28?/m0/s1. The molecule has 3 saturated carbocycles. The third kappa shape index (κ3) is 4.40. The van der Waals surface area contributed by atoms with Crippen molar-refractivity contribution < 1.29 is 4.79 Å². The van der Waals surface area contributed by atoms with Crippen molar-refractivity contribution in [3.63, 3.8) is 0 Å². The van der Waals surface area contributed by atoms with Crippen molar-refractivity contribution in [1.82, 2.24) is 14.7 Å². The lowest BCUT2D eigenvalue weighted by atomic mass is 9.73. The largest absolute Gasteiger partial charge is 0.346 e. The molecule has 4 atom stereocenters. The van der Waals surface area contributed by atoms with Crippen LogP contribution in [-0.2, 0) is 6.54 Å². The quantitative estimate of drug-likeness (QED) is 0.387.